The van der Waals surface area contributed by atoms with Gasteiger partial charge in [-0.2, -0.15) is 0 Å². The molecule has 0 spiro atoms. The molecule has 1 saturated heterocycles. The minimum absolute atomic E-state index is 0.518. The average Bonchev–Trinajstić information content (AvgIpc) is 2.43. The standard InChI is InChI=1S/C9H16N4S/c1-7-12-13-9(14-7)11-8-4-2-3-5-10-6-8/h8,10H,2-6H2,1H3,(H,11,13). The quantitative estimate of drug-likeness (QED) is 0.778. The molecule has 0 saturated carbocycles. The summed E-state index contributed by atoms with van der Waals surface area (Å²) in [6, 6.07) is 0.518. The van der Waals surface area contributed by atoms with Gasteiger partial charge in [-0.25, -0.2) is 0 Å². The number of aromatic nitrogens is 2. The van der Waals surface area contributed by atoms with Crippen LogP contribution >= 0.6 is 11.3 Å². The third-order valence-corrected chi connectivity index (χ3v) is 3.17. The number of aryl methyl sites for hydroxylation is 1. The van der Waals surface area contributed by atoms with Crippen molar-refractivity contribution in [2.45, 2.75) is 32.2 Å². The highest BCUT2D eigenvalue weighted by atomic mass is 32.1. The van der Waals surface area contributed by atoms with E-state index in [0.717, 1.165) is 23.2 Å². The minimum Gasteiger partial charge on any atom is -0.356 e. The van der Waals surface area contributed by atoms with E-state index in [2.05, 4.69) is 20.8 Å². The number of rotatable bonds is 2. The first-order valence-corrected chi connectivity index (χ1v) is 5.93. The molecular weight excluding hydrogens is 196 g/mol. The van der Waals surface area contributed by atoms with Crippen molar-refractivity contribution in [2.75, 3.05) is 18.4 Å². The lowest BCUT2D eigenvalue weighted by molar-refractivity contribution is 0.634. The monoisotopic (exact) mass is 212 g/mol. The van der Waals surface area contributed by atoms with Crippen LogP contribution in [-0.4, -0.2) is 29.3 Å². The first kappa shape index (κ1) is 9.86. The molecule has 2 N–H and O–H groups in total. The van der Waals surface area contributed by atoms with Crippen molar-refractivity contribution in [2.24, 2.45) is 0 Å². The molecule has 1 fully saturated rings. The molecule has 2 rings (SSSR count). The second-order valence-corrected chi connectivity index (χ2v) is 4.85. The van der Waals surface area contributed by atoms with Gasteiger partial charge in [-0.3, -0.25) is 0 Å². The van der Waals surface area contributed by atoms with Crippen LogP contribution in [0.5, 0.6) is 0 Å². The summed E-state index contributed by atoms with van der Waals surface area (Å²) in [5.41, 5.74) is 0. The summed E-state index contributed by atoms with van der Waals surface area (Å²) in [5.74, 6) is 0. The summed E-state index contributed by atoms with van der Waals surface area (Å²) < 4.78 is 0. The normalized spacial score (nSPS) is 23.1. The van der Waals surface area contributed by atoms with E-state index in [1.54, 1.807) is 11.3 Å². The maximum atomic E-state index is 4.07. The van der Waals surface area contributed by atoms with Crippen molar-refractivity contribution in [3.8, 4) is 0 Å². The van der Waals surface area contributed by atoms with Crippen LogP contribution in [0.2, 0.25) is 0 Å². The van der Waals surface area contributed by atoms with Crippen molar-refractivity contribution in [3.05, 3.63) is 5.01 Å². The Morgan fingerprint density at radius 3 is 3.14 bits per heavy atom. The Balaban J connectivity index is 1.89. The van der Waals surface area contributed by atoms with Gasteiger partial charge in [-0.15, -0.1) is 10.2 Å². The summed E-state index contributed by atoms with van der Waals surface area (Å²) in [6.45, 7) is 4.17. The fraction of sp³-hybridized carbons (Fsp3) is 0.778. The molecule has 78 valence electrons. The topological polar surface area (TPSA) is 49.8 Å². The third-order valence-electron chi connectivity index (χ3n) is 2.40. The Bertz CT molecular complexity index is 278. The molecule has 0 radical (unpaired) electrons. The van der Waals surface area contributed by atoms with Gasteiger partial charge < -0.3 is 10.6 Å². The van der Waals surface area contributed by atoms with Crippen LogP contribution in [0.25, 0.3) is 0 Å². The van der Waals surface area contributed by atoms with Crippen LogP contribution in [0.4, 0.5) is 5.13 Å². The maximum absolute atomic E-state index is 4.07. The number of hydrogen-bond donors (Lipinski definition) is 2. The Labute approximate surface area is 88.1 Å². The molecule has 1 aliphatic rings. The van der Waals surface area contributed by atoms with E-state index in [0.29, 0.717) is 6.04 Å². The molecule has 1 aromatic heterocycles. The Kier molecular flexibility index (Phi) is 3.31. The van der Waals surface area contributed by atoms with Crippen molar-refractivity contribution in [1.29, 1.82) is 0 Å². The van der Waals surface area contributed by atoms with Gasteiger partial charge in [0.1, 0.15) is 5.01 Å². The number of nitrogens with one attached hydrogen (secondary N) is 2. The van der Waals surface area contributed by atoms with E-state index in [1.807, 2.05) is 6.92 Å². The Morgan fingerprint density at radius 1 is 1.43 bits per heavy atom. The molecule has 5 heteroatoms. The maximum Gasteiger partial charge on any atom is 0.205 e. The zero-order chi connectivity index (χ0) is 9.80. The predicted octanol–water partition coefficient (Wildman–Crippen LogP) is 1.40. The molecule has 1 aliphatic heterocycles. The smallest absolute Gasteiger partial charge is 0.205 e. The number of nitrogens with zero attached hydrogens (tertiary/aromatic N) is 2. The van der Waals surface area contributed by atoms with Crippen molar-refractivity contribution < 1.29 is 0 Å². The molecular formula is C9H16N4S. The van der Waals surface area contributed by atoms with Gasteiger partial charge in [0.15, 0.2) is 0 Å². The minimum atomic E-state index is 0.518. The zero-order valence-electron chi connectivity index (χ0n) is 8.42. The highest BCUT2D eigenvalue weighted by molar-refractivity contribution is 7.15. The van der Waals surface area contributed by atoms with Gasteiger partial charge in [0, 0.05) is 12.6 Å². The van der Waals surface area contributed by atoms with Crippen molar-refractivity contribution in [3.63, 3.8) is 0 Å². The van der Waals surface area contributed by atoms with E-state index >= 15 is 0 Å². The molecule has 2 heterocycles. The second kappa shape index (κ2) is 4.70. The predicted molar refractivity (Wildman–Crippen MR) is 58.8 cm³/mol. The summed E-state index contributed by atoms with van der Waals surface area (Å²) in [4.78, 5) is 0. The molecule has 4 nitrogen and oxygen atoms in total. The Hall–Kier alpha value is -0.680. The Morgan fingerprint density at radius 2 is 2.36 bits per heavy atom. The molecule has 0 aromatic carbocycles. The fourth-order valence-corrected chi connectivity index (χ4v) is 2.34. The van der Waals surface area contributed by atoms with E-state index in [9.17, 15) is 0 Å². The van der Waals surface area contributed by atoms with E-state index in [4.69, 9.17) is 0 Å². The first-order valence-electron chi connectivity index (χ1n) is 5.12. The van der Waals surface area contributed by atoms with E-state index < -0.39 is 0 Å². The molecule has 14 heavy (non-hydrogen) atoms. The second-order valence-electron chi connectivity index (χ2n) is 3.67. The van der Waals surface area contributed by atoms with Crippen LogP contribution in [0.3, 0.4) is 0 Å². The summed E-state index contributed by atoms with van der Waals surface area (Å²) >= 11 is 1.63. The third kappa shape index (κ3) is 2.65. The molecule has 0 amide bonds. The van der Waals surface area contributed by atoms with Gasteiger partial charge in [0.05, 0.1) is 0 Å². The number of hydrogen-bond acceptors (Lipinski definition) is 5. The SMILES string of the molecule is Cc1nnc(NC2CCCCNC2)s1. The fourth-order valence-electron chi connectivity index (χ4n) is 1.67. The summed E-state index contributed by atoms with van der Waals surface area (Å²) in [7, 11) is 0. The highest BCUT2D eigenvalue weighted by Crippen LogP contribution is 2.17. The van der Waals surface area contributed by atoms with Gasteiger partial charge >= 0.3 is 0 Å². The molecule has 1 unspecified atom stereocenters. The first-order chi connectivity index (χ1) is 6.84. The van der Waals surface area contributed by atoms with Crippen LogP contribution in [-0.2, 0) is 0 Å². The van der Waals surface area contributed by atoms with E-state index in [-0.39, 0.29) is 0 Å². The lowest BCUT2D eigenvalue weighted by Crippen LogP contribution is -2.30. The van der Waals surface area contributed by atoms with Gasteiger partial charge in [0.2, 0.25) is 5.13 Å². The summed E-state index contributed by atoms with van der Waals surface area (Å²) in [5, 5.41) is 16.9. The summed E-state index contributed by atoms with van der Waals surface area (Å²) in [6.07, 6.45) is 3.81. The van der Waals surface area contributed by atoms with Crippen LogP contribution in [0.1, 0.15) is 24.3 Å². The highest BCUT2D eigenvalue weighted by Gasteiger charge is 2.12. The lowest BCUT2D eigenvalue weighted by Gasteiger charge is -2.14. The molecule has 1 atom stereocenters. The zero-order valence-corrected chi connectivity index (χ0v) is 9.23. The van der Waals surface area contributed by atoms with Gasteiger partial charge in [0.25, 0.3) is 0 Å². The van der Waals surface area contributed by atoms with Gasteiger partial charge in [-0.05, 0) is 26.3 Å². The lowest BCUT2D eigenvalue weighted by atomic mass is 10.1. The molecule has 0 aliphatic carbocycles. The van der Waals surface area contributed by atoms with Crippen molar-refractivity contribution in [1.82, 2.24) is 15.5 Å². The van der Waals surface area contributed by atoms with Gasteiger partial charge in [-0.1, -0.05) is 17.8 Å². The number of anilines is 1. The van der Waals surface area contributed by atoms with Crippen molar-refractivity contribution >= 4 is 16.5 Å². The average molecular weight is 212 g/mol. The van der Waals surface area contributed by atoms with E-state index in [1.165, 1.54) is 19.3 Å². The van der Waals surface area contributed by atoms with Crippen LogP contribution < -0.4 is 10.6 Å². The molecule has 1 aromatic rings. The van der Waals surface area contributed by atoms with Crippen LogP contribution in [0.15, 0.2) is 0 Å². The molecule has 0 bridgehead atoms. The van der Waals surface area contributed by atoms with Crippen LogP contribution in [0, 0.1) is 6.92 Å². The largest absolute Gasteiger partial charge is 0.356 e.